The van der Waals surface area contributed by atoms with Gasteiger partial charge < -0.3 is 4.98 Å². The summed E-state index contributed by atoms with van der Waals surface area (Å²) in [4.78, 5) is 7.71. The molecular weight excluding hydrogens is 258 g/mol. The summed E-state index contributed by atoms with van der Waals surface area (Å²) in [6.45, 7) is 4.09. The Morgan fingerprint density at radius 1 is 1.00 bits per heavy atom. The Morgan fingerprint density at radius 2 is 1.75 bits per heavy atom. The van der Waals surface area contributed by atoms with E-state index in [1.165, 1.54) is 17.2 Å². The number of imidazole rings is 1. The zero-order chi connectivity index (χ0) is 14.3. The van der Waals surface area contributed by atoms with Crippen LogP contribution in [0, 0.1) is 25.5 Å². The largest absolute Gasteiger partial charge is 0.342 e. The highest BCUT2D eigenvalue weighted by Crippen LogP contribution is 2.19. The molecule has 0 bridgehead atoms. The Kier molecular flexibility index (Phi) is 3.01. The van der Waals surface area contributed by atoms with Crippen LogP contribution in [-0.2, 0) is 6.42 Å². The number of H-pyrrole nitrogens is 1. The highest BCUT2D eigenvalue weighted by atomic mass is 19.2. The first-order valence-electron chi connectivity index (χ1n) is 6.43. The second-order valence-corrected chi connectivity index (χ2v) is 5.06. The Hall–Kier alpha value is -2.23. The van der Waals surface area contributed by atoms with Gasteiger partial charge in [0.2, 0.25) is 0 Å². The summed E-state index contributed by atoms with van der Waals surface area (Å²) in [5.74, 6) is -0.911. The lowest BCUT2D eigenvalue weighted by molar-refractivity contribution is 0.507. The molecule has 0 saturated heterocycles. The first-order valence-corrected chi connectivity index (χ1v) is 6.43. The van der Waals surface area contributed by atoms with Crippen LogP contribution in [-0.4, -0.2) is 9.97 Å². The average Bonchev–Trinajstić information content (AvgIpc) is 2.76. The molecule has 0 aliphatic rings. The zero-order valence-corrected chi connectivity index (χ0v) is 11.3. The maximum absolute atomic E-state index is 13.2. The minimum atomic E-state index is -0.829. The number of halogens is 2. The molecule has 3 rings (SSSR count). The smallest absolute Gasteiger partial charge is 0.159 e. The van der Waals surface area contributed by atoms with Gasteiger partial charge in [-0.1, -0.05) is 6.07 Å². The molecule has 1 heterocycles. The van der Waals surface area contributed by atoms with Crippen molar-refractivity contribution in [1.29, 1.82) is 0 Å². The molecule has 1 N–H and O–H groups in total. The summed E-state index contributed by atoms with van der Waals surface area (Å²) in [6.07, 6.45) is 0.448. The van der Waals surface area contributed by atoms with E-state index < -0.39 is 11.6 Å². The van der Waals surface area contributed by atoms with E-state index in [2.05, 4.69) is 9.97 Å². The van der Waals surface area contributed by atoms with Gasteiger partial charge in [-0.25, -0.2) is 13.8 Å². The van der Waals surface area contributed by atoms with Crippen molar-refractivity contribution in [2.24, 2.45) is 0 Å². The first kappa shape index (κ1) is 12.8. The fraction of sp³-hybridized carbons (Fsp3) is 0.188. The highest BCUT2D eigenvalue weighted by Gasteiger charge is 2.08. The summed E-state index contributed by atoms with van der Waals surface area (Å²) < 4.78 is 26.1. The van der Waals surface area contributed by atoms with Gasteiger partial charge in [-0.05, 0) is 54.8 Å². The van der Waals surface area contributed by atoms with Crippen LogP contribution in [0.15, 0.2) is 30.3 Å². The number of benzene rings is 2. The second kappa shape index (κ2) is 4.71. The van der Waals surface area contributed by atoms with E-state index in [1.807, 2.05) is 26.0 Å². The average molecular weight is 272 g/mol. The minimum absolute atomic E-state index is 0.448. The summed E-state index contributed by atoms with van der Waals surface area (Å²) in [6, 6.07) is 7.99. The molecule has 4 heteroatoms. The van der Waals surface area contributed by atoms with Crippen LogP contribution in [0.5, 0.6) is 0 Å². The summed E-state index contributed by atoms with van der Waals surface area (Å²) >= 11 is 0. The Bertz CT molecular complexity index is 752. The van der Waals surface area contributed by atoms with Crippen LogP contribution in [0.3, 0.4) is 0 Å². The molecule has 20 heavy (non-hydrogen) atoms. The van der Waals surface area contributed by atoms with Crippen LogP contribution in [0.1, 0.15) is 22.5 Å². The van der Waals surface area contributed by atoms with Gasteiger partial charge in [-0.15, -0.1) is 0 Å². The molecule has 102 valence electrons. The van der Waals surface area contributed by atoms with Crippen LogP contribution in [0.4, 0.5) is 8.78 Å². The molecule has 0 spiro atoms. The molecule has 3 aromatic rings. The SMILES string of the molecule is Cc1cc2nc(Cc3ccc(F)c(F)c3)[nH]c2cc1C. The third-order valence-corrected chi connectivity index (χ3v) is 3.50. The Labute approximate surface area is 115 Å². The molecule has 0 aliphatic carbocycles. The van der Waals surface area contributed by atoms with Crippen LogP contribution in [0.25, 0.3) is 11.0 Å². The number of hydrogen-bond acceptors (Lipinski definition) is 1. The number of aromatic amines is 1. The number of aromatic nitrogens is 2. The zero-order valence-electron chi connectivity index (χ0n) is 11.3. The lowest BCUT2D eigenvalue weighted by atomic mass is 10.1. The topological polar surface area (TPSA) is 28.7 Å². The highest BCUT2D eigenvalue weighted by molar-refractivity contribution is 5.77. The summed E-state index contributed by atoms with van der Waals surface area (Å²) in [5, 5.41) is 0. The van der Waals surface area contributed by atoms with Crippen molar-refractivity contribution in [1.82, 2.24) is 9.97 Å². The maximum atomic E-state index is 13.2. The molecule has 0 unspecified atom stereocenters. The van der Waals surface area contributed by atoms with Crippen LogP contribution >= 0.6 is 0 Å². The van der Waals surface area contributed by atoms with E-state index in [4.69, 9.17) is 0 Å². The predicted molar refractivity (Wildman–Crippen MR) is 74.7 cm³/mol. The minimum Gasteiger partial charge on any atom is -0.342 e. The third kappa shape index (κ3) is 2.29. The maximum Gasteiger partial charge on any atom is 0.159 e. The fourth-order valence-corrected chi connectivity index (χ4v) is 2.25. The van der Waals surface area contributed by atoms with Crippen molar-refractivity contribution in [3.8, 4) is 0 Å². The second-order valence-electron chi connectivity index (χ2n) is 5.06. The fourth-order valence-electron chi connectivity index (χ4n) is 2.25. The van der Waals surface area contributed by atoms with Gasteiger partial charge in [0.05, 0.1) is 11.0 Å². The van der Waals surface area contributed by atoms with Gasteiger partial charge in [0, 0.05) is 6.42 Å². The molecule has 2 nitrogen and oxygen atoms in total. The van der Waals surface area contributed by atoms with Crippen LogP contribution in [0.2, 0.25) is 0 Å². The molecule has 0 amide bonds. The van der Waals surface area contributed by atoms with E-state index in [0.29, 0.717) is 12.0 Å². The van der Waals surface area contributed by atoms with Crippen molar-refractivity contribution in [2.75, 3.05) is 0 Å². The number of nitrogens with one attached hydrogen (secondary N) is 1. The van der Waals surface area contributed by atoms with Crippen molar-refractivity contribution in [3.63, 3.8) is 0 Å². The van der Waals surface area contributed by atoms with Gasteiger partial charge in [0.15, 0.2) is 11.6 Å². The number of fused-ring (bicyclic) bond motifs is 1. The van der Waals surface area contributed by atoms with E-state index in [0.717, 1.165) is 22.9 Å². The molecule has 0 atom stereocenters. The van der Waals surface area contributed by atoms with E-state index in [9.17, 15) is 8.78 Å². The van der Waals surface area contributed by atoms with Gasteiger partial charge >= 0.3 is 0 Å². The summed E-state index contributed by atoms with van der Waals surface area (Å²) in [7, 11) is 0. The van der Waals surface area contributed by atoms with E-state index >= 15 is 0 Å². The lowest BCUT2D eigenvalue weighted by Gasteiger charge is -1.99. The van der Waals surface area contributed by atoms with Gasteiger partial charge in [-0.3, -0.25) is 0 Å². The van der Waals surface area contributed by atoms with Crippen molar-refractivity contribution in [3.05, 3.63) is 64.5 Å². The number of aryl methyl sites for hydroxylation is 2. The molecular formula is C16H14F2N2. The standard InChI is InChI=1S/C16H14F2N2/c1-9-5-14-15(6-10(9)2)20-16(19-14)8-11-3-4-12(17)13(18)7-11/h3-7H,8H2,1-2H3,(H,19,20). The molecule has 0 fully saturated rings. The van der Waals surface area contributed by atoms with Crippen molar-refractivity contribution >= 4 is 11.0 Å². The van der Waals surface area contributed by atoms with Gasteiger partial charge in [-0.2, -0.15) is 0 Å². The van der Waals surface area contributed by atoms with Crippen LogP contribution < -0.4 is 0 Å². The molecule has 0 radical (unpaired) electrons. The third-order valence-electron chi connectivity index (χ3n) is 3.50. The molecule has 2 aromatic carbocycles. The number of hydrogen-bond donors (Lipinski definition) is 1. The molecule has 0 aliphatic heterocycles. The van der Waals surface area contributed by atoms with E-state index in [-0.39, 0.29) is 0 Å². The number of nitrogens with zero attached hydrogens (tertiary/aromatic N) is 1. The normalized spacial score (nSPS) is 11.2. The molecule has 1 aromatic heterocycles. The predicted octanol–water partition coefficient (Wildman–Crippen LogP) is 4.05. The van der Waals surface area contributed by atoms with Crippen molar-refractivity contribution < 1.29 is 8.78 Å². The van der Waals surface area contributed by atoms with Gasteiger partial charge in [0.1, 0.15) is 5.82 Å². The first-order chi connectivity index (χ1) is 9.52. The number of rotatable bonds is 2. The Balaban J connectivity index is 1.96. The Morgan fingerprint density at radius 3 is 2.50 bits per heavy atom. The summed E-state index contributed by atoms with van der Waals surface area (Å²) in [5.41, 5.74) is 4.93. The van der Waals surface area contributed by atoms with Gasteiger partial charge in [0.25, 0.3) is 0 Å². The lowest BCUT2D eigenvalue weighted by Crippen LogP contribution is -1.93. The molecule has 0 saturated carbocycles. The van der Waals surface area contributed by atoms with Crippen molar-refractivity contribution in [2.45, 2.75) is 20.3 Å². The van der Waals surface area contributed by atoms with E-state index in [1.54, 1.807) is 6.07 Å². The monoisotopic (exact) mass is 272 g/mol. The quantitative estimate of drug-likeness (QED) is 0.749.